The van der Waals surface area contributed by atoms with Crippen molar-refractivity contribution in [3.05, 3.63) is 53.1 Å². The van der Waals surface area contributed by atoms with Crippen molar-refractivity contribution in [1.82, 2.24) is 19.7 Å². The topological polar surface area (TPSA) is 81.9 Å². The molecule has 0 saturated heterocycles. The minimum Gasteiger partial charge on any atom is -0.383 e. The summed E-state index contributed by atoms with van der Waals surface area (Å²) in [5.74, 6) is 0.861. The number of carbonyl (C=O) groups is 1. The number of nitrogens with one attached hydrogen (secondary N) is 1. The Bertz CT molecular complexity index is 1260. The maximum atomic E-state index is 12.6. The number of benzene rings is 2. The van der Waals surface area contributed by atoms with Crippen LogP contribution in [0.25, 0.3) is 21.6 Å². The second-order valence-corrected chi connectivity index (χ2v) is 9.58. The standard InChI is InChI=1S/C23H25N5O2S2/c1-14-6-5-7-17(11-14)21-26-27-23(28(21)8-9-30-4)31-13-19(29)24-22-25-20-16(3)10-15(2)12-18(20)32-22/h5-7,10-12H,8-9,13H2,1-4H3,(H,24,25,29). The Morgan fingerprint density at radius 3 is 2.78 bits per heavy atom. The largest absolute Gasteiger partial charge is 0.383 e. The molecule has 0 spiro atoms. The van der Waals surface area contributed by atoms with E-state index in [0.29, 0.717) is 23.4 Å². The van der Waals surface area contributed by atoms with E-state index in [4.69, 9.17) is 4.74 Å². The number of aromatic nitrogens is 4. The molecule has 0 saturated carbocycles. The third-order valence-electron chi connectivity index (χ3n) is 4.92. The number of hydrogen-bond donors (Lipinski definition) is 1. The Morgan fingerprint density at radius 2 is 2.00 bits per heavy atom. The van der Waals surface area contributed by atoms with Crippen LogP contribution in [-0.4, -0.2) is 45.1 Å². The number of anilines is 1. The number of hydrogen-bond acceptors (Lipinski definition) is 7. The summed E-state index contributed by atoms with van der Waals surface area (Å²) in [6, 6.07) is 12.3. The number of amides is 1. The molecule has 1 amide bonds. The van der Waals surface area contributed by atoms with Crippen molar-refractivity contribution in [3.63, 3.8) is 0 Å². The molecular formula is C23H25N5O2S2. The summed E-state index contributed by atoms with van der Waals surface area (Å²) >= 11 is 2.85. The van der Waals surface area contributed by atoms with E-state index in [2.05, 4.69) is 45.6 Å². The van der Waals surface area contributed by atoms with Gasteiger partial charge in [-0.3, -0.25) is 9.36 Å². The van der Waals surface area contributed by atoms with Crippen LogP contribution in [0.1, 0.15) is 16.7 Å². The highest BCUT2D eigenvalue weighted by Gasteiger charge is 2.17. The zero-order valence-corrected chi connectivity index (χ0v) is 20.1. The van der Waals surface area contributed by atoms with Crippen LogP contribution in [-0.2, 0) is 16.1 Å². The zero-order chi connectivity index (χ0) is 22.7. The van der Waals surface area contributed by atoms with Gasteiger partial charge in [-0.25, -0.2) is 4.98 Å². The number of aryl methyl sites for hydroxylation is 3. The van der Waals surface area contributed by atoms with Gasteiger partial charge in [-0.1, -0.05) is 52.9 Å². The molecule has 0 radical (unpaired) electrons. The summed E-state index contributed by atoms with van der Waals surface area (Å²) < 4.78 is 8.34. The molecule has 2 aromatic carbocycles. The average Bonchev–Trinajstić information content (AvgIpc) is 3.34. The van der Waals surface area contributed by atoms with Crippen molar-refractivity contribution < 1.29 is 9.53 Å². The lowest BCUT2D eigenvalue weighted by molar-refractivity contribution is -0.113. The van der Waals surface area contributed by atoms with Gasteiger partial charge in [-0.05, 0) is 44.0 Å². The van der Waals surface area contributed by atoms with Crippen molar-refractivity contribution >= 4 is 44.4 Å². The highest BCUT2D eigenvalue weighted by molar-refractivity contribution is 7.99. The van der Waals surface area contributed by atoms with Gasteiger partial charge in [0.05, 0.1) is 29.1 Å². The van der Waals surface area contributed by atoms with Crippen LogP contribution in [0.2, 0.25) is 0 Å². The van der Waals surface area contributed by atoms with Crippen molar-refractivity contribution in [2.24, 2.45) is 0 Å². The van der Waals surface area contributed by atoms with Crippen molar-refractivity contribution in [3.8, 4) is 11.4 Å². The van der Waals surface area contributed by atoms with E-state index in [-0.39, 0.29) is 11.7 Å². The van der Waals surface area contributed by atoms with Gasteiger partial charge >= 0.3 is 0 Å². The smallest absolute Gasteiger partial charge is 0.236 e. The number of methoxy groups -OCH3 is 1. The first-order valence-corrected chi connectivity index (χ1v) is 12.0. The molecule has 4 rings (SSSR count). The number of carbonyl (C=O) groups excluding carboxylic acids is 1. The summed E-state index contributed by atoms with van der Waals surface area (Å²) in [4.78, 5) is 17.2. The van der Waals surface area contributed by atoms with Gasteiger partial charge in [0.2, 0.25) is 5.91 Å². The predicted octanol–water partition coefficient (Wildman–Crippen LogP) is 4.86. The fraction of sp³-hybridized carbons (Fsp3) is 0.304. The summed E-state index contributed by atoms with van der Waals surface area (Å²) in [6.45, 7) is 7.28. The Kier molecular flexibility index (Phi) is 6.88. The quantitative estimate of drug-likeness (QED) is 0.373. The first-order valence-electron chi connectivity index (χ1n) is 10.2. The molecular weight excluding hydrogens is 442 g/mol. The van der Waals surface area contributed by atoms with Gasteiger partial charge in [-0.2, -0.15) is 0 Å². The van der Waals surface area contributed by atoms with Gasteiger partial charge in [0.1, 0.15) is 0 Å². The Morgan fingerprint density at radius 1 is 1.16 bits per heavy atom. The maximum Gasteiger partial charge on any atom is 0.236 e. The molecule has 0 aliphatic carbocycles. The van der Waals surface area contributed by atoms with E-state index in [1.807, 2.05) is 36.6 Å². The molecule has 0 aliphatic heterocycles. The monoisotopic (exact) mass is 467 g/mol. The molecule has 1 N–H and O–H groups in total. The molecule has 2 heterocycles. The number of ether oxygens (including phenoxy) is 1. The Balaban J connectivity index is 1.48. The van der Waals surface area contributed by atoms with Crippen LogP contribution in [0.5, 0.6) is 0 Å². The third kappa shape index (κ3) is 5.01. The molecule has 0 fully saturated rings. The van der Waals surface area contributed by atoms with Crippen molar-refractivity contribution in [2.45, 2.75) is 32.5 Å². The lowest BCUT2D eigenvalue weighted by Crippen LogP contribution is -2.15. The second kappa shape index (κ2) is 9.81. The number of nitrogens with zero attached hydrogens (tertiary/aromatic N) is 4. The third-order valence-corrected chi connectivity index (χ3v) is 6.81. The lowest BCUT2D eigenvalue weighted by atomic mass is 10.1. The van der Waals surface area contributed by atoms with E-state index >= 15 is 0 Å². The SMILES string of the molecule is COCCn1c(SCC(=O)Nc2nc3c(C)cc(C)cc3s2)nnc1-c1cccc(C)c1. The molecule has 9 heteroatoms. The van der Waals surface area contributed by atoms with Gasteiger partial charge in [0, 0.05) is 12.7 Å². The summed E-state index contributed by atoms with van der Waals surface area (Å²) in [5.41, 5.74) is 5.38. The number of rotatable bonds is 8. The summed E-state index contributed by atoms with van der Waals surface area (Å²) in [7, 11) is 1.66. The van der Waals surface area contributed by atoms with E-state index < -0.39 is 0 Å². The minimum atomic E-state index is -0.123. The highest BCUT2D eigenvalue weighted by Crippen LogP contribution is 2.30. The van der Waals surface area contributed by atoms with Crippen LogP contribution in [0.4, 0.5) is 5.13 Å². The van der Waals surface area contributed by atoms with E-state index in [0.717, 1.165) is 32.7 Å². The van der Waals surface area contributed by atoms with Crippen LogP contribution < -0.4 is 5.32 Å². The lowest BCUT2D eigenvalue weighted by Gasteiger charge is -2.10. The molecule has 2 aromatic heterocycles. The molecule has 166 valence electrons. The number of thioether (sulfide) groups is 1. The average molecular weight is 468 g/mol. The Labute approximate surface area is 195 Å². The normalized spacial score (nSPS) is 11.2. The van der Waals surface area contributed by atoms with Crippen molar-refractivity contribution in [1.29, 1.82) is 0 Å². The molecule has 32 heavy (non-hydrogen) atoms. The number of fused-ring (bicyclic) bond motifs is 1. The predicted molar refractivity (Wildman–Crippen MR) is 131 cm³/mol. The Hall–Kier alpha value is -2.75. The fourth-order valence-corrected chi connectivity index (χ4v) is 5.31. The van der Waals surface area contributed by atoms with E-state index in [9.17, 15) is 4.79 Å². The molecule has 0 unspecified atom stereocenters. The van der Waals surface area contributed by atoms with Crippen LogP contribution >= 0.6 is 23.1 Å². The first kappa shape index (κ1) is 22.4. The fourth-order valence-electron chi connectivity index (χ4n) is 3.49. The molecule has 0 atom stereocenters. The molecule has 0 aliphatic rings. The number of thiazole rings is 1. The van der Waals surface area contributed by atoms with Gasteiger partial charge < -0.3 is 10.1 Å². The van der Waals surface area contributed by atoms with Gasteiger partial charge in [0.15, 0.2) is 16.1 Å². The highest BCUT2D eigenvalue weighted by atomic mass is 32.2. The zero-order valence-electron chi connectivity index (χ0n) is 18.5. The van der Waals surface area contributed by atoms with Gasteiger partial charge in [0.25, 0.3) is 0 Å². The van der Waals surface area contributed by atoms with Crippen LogP contribution in [0.3, 0.4) is 0 Å². The first-order chi connectivity index (χ1) is 15.4. The summed E-state index contributed by atoms with van der Waals surface area (Å²) in [6.07, 6.45) is 0. The van der Waals surface area contributed by atoms with E-state index in [1.165, 1.54) is 28.7 Å². The summed E-state index contributed by atoms with van der Waals surface area (Å²) in [5, 5.41) is 12.9. The second-order valence-electron chi connectivity index (χ2n) is 7.60. The maximum absolute atomic E-state index is 12.6. The van der Waals surface area contributed by atoms with Gasteiger partial charge in [-0.15, -0.1) is 10.2 Å². The minimum absolute atomic E-state index is 0.123. The van der Waals surface area contributed by atoms with Crippen LogP contribution in [0.15, 0.2) is 41.6 Å². The molecule has 7 nitrogen and oxygen atoms in total. The van der Waals surface area contributed by atoms with Crippen molar-refractivity contribution in [2.75, 3.05) is 24.8 Å². The van der Waals surface area contributed by atoms with E-state index in [1.54, 1.807) is 7.11 Å². The van der Waals surface area contributed by atoms with Crippen LogP contribution in [0, 0.1) is 20.8 Å². The molecule has 0 bridgehead atoms. The molecule has 4 aromatic rings.